The molecule has 0 spiro atoms. The molecule has 2 N–H and O–H groups in total. The zero-order valence-electron chi connectivity index (χ0n) is 12.2. The summed E-state index contributed by atoms with van der Waals surface area (Å²) in [5, 5.41) is 11.9. The van der Waals surface area contributed by atoms with Crippen LogP contribution < -0.4 is 5.32 Å². The predicted molar refractivity (Wildman–Crippen MR) is 71.0 cm³/mol. The lowest BCUT2D eigenvalue weighted by Gasteiger charge is -2.36. The summed E-state index contributed by atoms with van der Waals surface area (Å²) in [5.74, 6) is -1.03. The summed E-state index contributed by atoms with van der Waals surface area (Å²) in [7, 11) is 1.50. The molecule has 0 aromatic heterocycles. The fraction of sp³-hybridized carbons (Fsp3) is 0.846. The second-order valence-electron chi connectivity index (χ2n) is 6.00. The van der Waals surface area contributed by atoms with Gasteiger partial charge in [-0.1, -0.05) is 6.92 Å². The van der Waals surface area contributed by atoms with Crippen LogP contribution in [0.25, 0.3) is 0 Å². The second-order valence-corrected chi connectivity index (χ2v) is 6.00. The number of likely N-dealkylation sites (N-methyl/N-ethyl adjacent to an activating group) is 1. The number of carbonyl (C=O) groups is 2. The van der Waals surface area contributed by atoms with Crippen molar-refractivity contribution in [1.29, 1.82) is 0 Å². The van der Waals surface area contributed by atoms with Gasteiger partial charge in [0.15, 0.2) is 0 Å². The molecule has 0 aromatic carbocycles. The minimum absolute atomic E-state index is 0.0299. The number of hydrogen-bond donors (Lipinski definition) is 2. The lowest BCUT2D eigenvalue weighted by Crippen LogP contribution is -2.55. The van der Waals surface area contributed by atoms with E-state index in [0.29, 0.717) is 19.8 Å². The van der Waals surface area contributed by atoms with Crippen molar-refractivity contribution in [2.45, 2.75) is 39.2 Å². The van der Waals surface area contributed by atoms with E-state index in [1.807, 2.05) is 0 Å². The Kier molecular flexibility index (Phi) is 4.79. The third-order valence-electron chi connectivity index (χ3n) is 4.03. The van der Waals surface area contributed by atoms with Gasteiger partial charge in [0, 0.05) is 26.8 Å². The van der Waals surface area contributed by atoms with Gasteiger partial charge in [-0.2, -0.15) is 0 Å². The molecule has 0 radical (unpaired) electrons. The number of carboxylic acids is 1. The number of carbonyl (C=O) groups excluding carboxylic acids is 1. The first-order chi connectivity index (χ1) is 8.69. The second kappa shape index (κ2) is 5.77. The number of ether oxygens (including phenoxy) is 1. The van der Waals surface area contributed by atoms with Gasteiger partial charge < -0.3 is 20.1 Å². The molecule has 1 aliphatic rings. The lowest BCUT2D eigenvalue weighted by molar-refractivity contribution is -0.146. The largest absolute Gasteiger partial charge is 0.480 e. The van der Waals surface area contributed by atoms with Crippen LogP contribution in [0.15, 0.2) is 0 Å². The summed E-state index contributed by atoms with van der Waals surface area (Å²) >= 11 is 0. The SMILES string of the molecule is CN(C(=O)NCC1(C)CCOCC1)C(C)(C)C(=O)O. The maximum Gasteiger partial charge on any atom is 0.329 e. The summed E-state index contributed by atoms with van der Waals surface area (Å²) in [6.45, 7) is 7.08. The standard InChI is InChI=1S/C13H24N2O4/c1-12(2,10(16)17)15(4)11(18)14-9-13(3)5-7-19-8-6-13/h5-9H2,1-4H3,(H,14,18)(H,16,17). The molecule has 0 bridgehead atoms. The number of amides is 2. The van der Waals surface area contributed by atoms with E-state index in [-0.39, 0.29) is 11.4 Å². The lowest BCUT2D eigenvalue weighted by atomic mass is 9.82. The van der Waals surface area contributed by atoms with Gasteiger partial charge in [0.1, 0.15) is 5.54 Å². The zero-order valence-corrected chi connectivity index (χ0v) is 12.2. The molecular weight excluding hydrogens is 248 g/mol. The Hall–Kier alpha value is -1.30. The van der Waals surface area contributed by atoms with E-state index in [1.165, 1.54) is 25.8 Å². The van der Waals surface area contributed by atoms with E-state index < -0.39 is 11.5 Å². The molecule has 0 atom stereocenters. The quantitative estimate of drug-likeness (QED) is 0.808. The maximum atomic E-state index is 12.0. The highest BCUT2D eigenvalue weighted by Crippen LogP contribution is 2.28. The van der Waals surface area contributed by atoms with Crippen LogP contribution >= 0.6 is 0 Å². The fourth-order valence-corrected chi connectivity index (χ4v) is 1.85. The van der Waals surface area contributed by atoms with Gasteiger partial charge in [0.2, 0.25) is 0 Å². The third-order valence-corrected chi connectivity index (χ3v) is 4.03. The molecule has 1 rings (SSSR count). The molecule has 6 nitrogen and oxygen atoms in total. The summed E-state index contributed by atoms with van der Waals surface area (Å²) < 4.78 is 5.30. The molecule has 1 aliphatic heterocycles. The average Bonchev–Trinajstić information content (AvgIpc) is 2.35. The topological polar surface area (TPSA) is 78.9 Å². The molecule has 1 saturated heterocycles. The molecular formula is C13H24N2O4. The van der Waals surface area contributed by atoms with E-state index >= 15 is 0 Å². The Morgan fingerprint density at radius 1 is 1.37 bits per heavy atom. The predicted octanol–water partition coefficient (Wildman–Crippen LogP) is 1.31. The summed E-state index contributed by atoms with van der Waals surface area (Å²) in [6.07, 6.45) is 1.80. The number of nitrogens with one attached hydrogen (secondary N) is 1. The molecule has 110 valence electrons. The van der Waals surface area contributed by atoms with Crippen molar-refractivity contribution in [3.63, 3.8) is 0 Å². The number of carboxylic acid groups (broad SMARTS) is 1. The van der Waals surface area contributed by atoms with Crippen molar-refractivity contribution in [3.8, 4) is 0 Å². The van der Waals surface area contributed by atoms with E-state index in [0.717, 1.165) is 12.8 Å². The first-order valence-corrected chi connectivity index (χ1v) is 6.52. The van der Waals surface area contributed by atoms with Gasteiger partial charge in [0.25, 0.3) is 0 Å². The Balaban J connectivity index is 2.53. The first-order valence-electron chi connectivity index (χ1n) is 6.52. The number of aliphatic carboxylic acids is 1. The third kappa shape index (κ3) is 3.83. The molecule has 6 heteroatoms. The molecule has 1 heterocycles. The highest BCUT2D eigenvalue weighted by atomic mass is 16.5. The first kappa shape index (κ1) is 15.8. The van der Waals surface area contributed by atoms with Gasteiger partial charge in [0.05, 0.1) is 0 Å². The van der Waals surface area contributed by atoms with Crippen LogP contribution in [0.5, 0.6) is 0 Å². The van der Waals surface area contributed by atoms with Crippen molar-refractivity contribution < 1.29 is 19.4 Å². The van der Waals surface area contributed by atoms with Gasteiger partial charge in [-0.3, -0.25) is 0 Å². The highest BCUT2D eigenvalue weighted by molar-refractivity contribution is 5.85. The van der Waals surface area contributed by atoms with Crippen LogP contribution in [0.2, 0.25) is 0 Å². The molecule has 0 saturated carbocycles. The number of nitrogens with zero attached hydrogens (tertiary/aromatic N) is 1. The van der Waals surface area contributed by atoms with Gasteiger partial charge in [-0.05, 0) is 32.1 Å². The van der Waals surface area contributed by atoms with Crippen molar-refractivity contribution in [2.75, 3.05) is 26.8 Å². The van der Waals surface area contributed by atoms with Crippen LogP contribution in [0, 0.1) is 5.41 Å². The van der Waals surface area contributed by atoms with E-state index in [4.69, 9.17) is 9.84 Å². The van der Waals surface area contributed by atoms with Crippen molar-refractivity contribution in [1.82, 2.24) is 10.2 Å². The van der Waals surface area contributed by atoms with Crippen molar-refractivity contribution >= 4 is 12.0 Å². The Bertz CT molecular complexity index is 349. The summed E-state index contributed by atoms with van der Waals surface area (Å²) in [6, 6.07) is -0.361. The molecule has 1 fully saturated rings. The molecule has 2 amide bonds. The average molecular weight is 272 g/mol. The van der Waals surface area contributed by atoms with Crippen molar-refractivity contribution in [2.24, 2.45) is 5.41 Å². The minimum atomic E-state index is -1.22. The van der Waals surface area contributed by atoms with Crippen LogP contribution in [0.3, 0.4) is 0 Å². The zero-order chi connectivity index (χ0) is 14.7. The number of urea groups is 1. The van der Waals surface area contributed by atoms with E-state index in [9.17, 15) is 9.59 Å². The van der Waals surface area contributed by atoms with Crippen LogP contribution in [0.4, 0.5) is 4.79 Å². The minimum Gasteiger partial charge on any atom is -0.480 e. The Labute approximate surface area is 114 Å². The van der Waals surface area contributed by atoms with Crippen LogP contribution in [-0.4, -0.2) is 54.4 Å². The number of hydrogen-bond acceptors (Lipinski definition) is 3. The molecule has 0 unspecified atom stereocenters. The monoisotopic (exact) mass is 272 g/mol. The number of rotatable bonds is 4. The van der Waals surface area contributed by atoms with Crippen LogP contribution in [0.1, 0.15) is 33.6 Å². The summed E-state index contributed by atoms with van der Waals surface area (Å²) in [4.78, 5) is 24.3. The molecule has 19 heavy (non-hydrogen) atoms. The normalized spacial score (nSPS) is 18.7. The Morgan fingerprint density at radius 2 is 1.89 bits per heavy atom. The smallest absolute Gasteiger partial charge is 0.329 e. The Morgan fingerprint density at radius 3 is 2.37 bits per heavy atom. The van der Waals surface area contributed by atoms with Gasteiger partial charge in [-0.25, -0.2) is 9.59 Å². The van der Waals surface area contributed by atoms with Gasteiger partial charge in [-0.15, -0.1) is 0 Å². The maximum absolute atomic E-state index is 12.0. The fourth-order valence-electron chi connectivity index (χ4n) is 1.85. The van der Waals surface area contributed by atoms with E-state index in [1.54, 1.807) is 0 Å². The van der Waals surface area contributed by atoms with Crippen LogP contribution in [-0.2, 0) is 9.53 Å². The molecule has 0 aromatic rings. The van der Waals surface area contributed by atoms with Crippen molar-refractivity contribution in [3.05, 3.63) is 0 Å². The van der Waals surface area contributed by atoms with E-state index in [2.05, 4.69) is 12.2 Å². The summed E-state index contributed by atoms with van der Waals surface area (Å²) in [5.41, 5.74) is -1.19. The molecule has 0 aliphatic carbocycles. The highest BCUT2D eigenvalue weighted by Gasteiger charge is 2.36. The van der Waals surface area contributed by atoms with Gasteiger partial charge >= 0.3 is 12.0 Å².